The Hall–Kier alpha value is -0.560. The van der Waals surface area contributed by atoms with Gasteiger partial charge in [0.15, 0.2) is 0 Å². The van der Waals surface area contributed by atoms with Crippen molar-refractivity contribution in [3.8, 4) is 0 Å². The van der Waals surface area contributed by atoms with Gasteiger partial charge in [0.25, 0.3) is 0 Å². The van der Waals surface area contributed by atoms with Crippen molar-refractivity contribution in [1.29, 1.82) is 0 Å². The van der Waals surface area contributed by atoms with Gasteiger partial charge in [0.2, 0.25) is 0 Å². The Morgan fingerprint density at radius 3 is 2.44 bits per heavy atom. The van der Waals surface area contributed by atoms with Crippen molar-refractivity contribution in [3.05, 3.63) is 23.3 Å². The van der Waals surface area contributed by atoms with Crippen LogP contribution in [0.3, 0.4) is 0 Å². The first kappa shape index (κ1) is 13.5. The topological polar surface area (TPSA) is 20.2 Å². The lowest BCUT2D eigenvalue weighted by atomic mass is 9.93. The zero-order valence-electron chi connectivity index (χ0n) is 11.0. The quantitative estimate of drug-likeness (QED) is 0.608. The first-order valence-electron chi connectivity index (χ1n) is 6.59. The maximum absolute atomic E-state index is 9.96. The molecule has 0 amide bonds. The summed E-state index contributed by atoms with van der Waals surface area (Å²) in [7, 11) is 0. The molecule has 1 heteroatoms. The fourth-order valence-electron chi connectivity index (χ4n) is 2.10. The Balaban J connectivity index is 2.61. The molecule has 0 fully saturated rings. The third kappa shape index (κ3) is 4.98. The summed E-state index contributed by atoms with van der Waals surface area (Å²) in [5.74, 6) is 0.402. The minimum atomic E-state index is -0.128. The largest absolute Gasteiger partial charge is 0.393 e. The average Bonchev–Trinajstić information content (AvgIpc) is 2.27. The summed E-state index contributed by atoms with van der Waals surface area (Å²) in [6, 6.07) is 0. The molecule has 1 aliphatic carbocycles. The van der Waals surface area contributed by atoms with Gasteiger partial charge in [-0.15, -0.1) is 0 Å². The summed E-state index contributed by atoms with van der Waals surface area (Å²) >= 11 is 0. The highest BCUT2D eigenvalue weighted by molar-refractivity contribution is 5.06. The van der Waals surface area contributed by atoms with E-state index in [0.717, 1.165) is 25.7 Å². The SMILES string of the molecule is CC1=CCCCC(O)C(C)CC=C(C)CC1. The van der Waals surface area contributed by atoms with Gasteiger partial charge < -0.3 is 5.11 Å². The lowest BCUT2D eigenvalue weighted by Gasteiger charge is -2.18. The van der Waals surface area contributed by atoms with Gasteiger partial charge in [-0.25, -0.2) is 0 Å². The smallest absolute Gasteiger partial charge is 0.0568 e. The molecule has 0 radical (unpaired) electrons. The molecule has 1 N–H and O–H groups in total. The van der Waals surface area contributed by atoms with E-state index in [1.807, 2.05) is 0 Å². The lowest BCUT2D eigenvalue weighted by Crippen LogP contribution is -2.16. The molecule has 1 aliphatic rings. The van der Waals surface area contributed by atoms with Gasteiger partial charge in [-0.2, -0.15) is 0 Å². The van der Waals surface area contributed by atoms with E-state index >= 15 is 0 Å². The summed E-state index contributed by atoms with van der Waals surface area (Å²) in [6.07, 6.45) is 11.1. The summed E-state index contributed by atoms with van der Waals surface area (Å²) < 4.78 is 0. The number of hydrogen-bond donors (Lipinski definition) is 1. The first-order chi connectivity index (χ1) is 7.59. The van der Waals surface area contributed by atoms with E-state index < -0.39 is 0 Å². The zero-order valence-corrected chi connectivity index (χ0v) is 11.0. The molecule has 0 aromatic rings. The van der Waals surface area contributed by atoms with Crippen LogP contribution in [-0.4, -0.2) is 11.2 Å². The third-order valence-electron chi connectivity index (χ3n) is 3.61. The van der Waals surface area contributed by atoms with E-state index in [0.29, 0.717) is 5.92 Å². The number of rotatable bonds is 0. The van der Waals surface area contributed by atoms with E-state index in [1.54, 1.807) is 0 Å². The molecule has 92 valence electrons. The molecule has 0 saturated heterocycles. The second-order valence-electron chi connectivity index (χ2n) is 5.31. The standard InChI is InChI=1S/C15H26O/c1-12-6-4-5-7-15(16)14(3)11-10-13(2)9-8-12/h6,10,14-16H,4-5,7-9,11H2,1-3H3. The molecule has 1 nitrogen and oxygen atoms in total. The van der Waals surface area contributed by atoms with Gasteiger partial charge in [-0.1, -0.05) is 30.2 Å². The Kier molecular flexibility index (Phi) is 5.83. The van der Waals surface area contributed by atoms with Crippen molar-refractivity contribution in [2.75, 3.05) is 0 Å². The molecule has 0 spiro atoms. The van der Waals surface area contributed by atoms with Gasteiger partial charge in [0.05, 0.1) is 6.10 Å². The Morgan fingerprint density at radius 1 is 1.12 bits per heavy atom. The summed E-state index contributed by atoms with van der Waals surface area (Å²) in [4.78, 5) is 0. The van der Waals surface area contributed by atoms with Crippen molar-refractivity contribution in [2.45, 2.75) is 65.4 Å². The predicted molar refractivity (Wildman–Crippen MR) is 70.4 cm³/mol. The van der Waals surface area contributed by atoms with E-state index in [4.69, 9.17) is 0 Å². The van der Waals surface area contributed by atoms with E-state index in [1.165, 1.54) is 24.0 Å². The van der Waals surface area contributed by atoms with Crippen LogP contribution in [0.15, 0.2) is 23.3 Å². The zero-order chi connectivity index (χ0) is 12.0. The molecule has 0 heterocycles. The Labute approximate surface area is 100 Å². The second-order valence-corrected chi connectivity index (χ2v) is 5.31. The predicted octanol–water partition coefficient (Wildman–Crippen LogP) is 4.23. The molecule has 0 aliphatic heterocycles. The van der Waals surface area contributed by atoms with Gasteiger partial charge in [0.1, 0.15) is 0 Å². The molecular formula is C15H26O. The summed E-state index contributed by atoms with van der Waals surface area (Å²) in [6.45, 7) is 6.58. The second kappa shape index (κ2) is 6.90. The van der Waals surface area contributed by atoms with Gasteiger partial charge in [-0.3, -0.25) is 0 Å². The summed E-state index contributed by atoms with van der Waals surface area (Å²) in [5.41, 5.74) is 2.96. The Bertz CT molecular complexity index is 263. The van der Waals surface area contributed by atoms with Crippen LogP contribution in [0.25, 0.3) is 0 Å². The molecule has 0 saturated carbocycles. The van der Waals surface area contributed by atoms with E-state index in [2.05, 4.69) is 32.9 Å². The number of hydrogen-bond acceptors (Lipinski definition) is 1. The molecule has 16 heavy (non-hydrogen) atoms. The van der Waals surface area contributed by atoms with Crippen molar-refractivity contribution in [2.24, 2.45) is 5.92 Å². The summed E-state index contributed by atoms with van der Waals surface area (Å²) in [5, 5.41) is 9.96. The highest BCUT2D eigenvalue weighted by atomic mass is 16.3. The minimum Gasteiger partial charge on any atom is -0.393 e. The molecule has 0 bridgehead atoms. The van der Waals surface area contributed by atoms with Crippen molar-refractivity contribution in [1.82, 2.24) is 0 Å². The van der Waals surface area contributed by atoms with Gasteiger partial charge in [-0.05, 0) is 58.3 Å². The average molecular weight is 222 g/mol. The highest BCUT2D eigenvalue weighted by Gasteiger charge is 2.12. The van der Waals surface area contributed by atoms with E-state index in [9.17, 15) is 5.11 Å². The normalized spacial score (nSPS) is 29.8. The van der Waals surface area contributed by atoms with Crippen LogP contribution in [0.2, 0.25) is 0 Å². The van der Waals surface area contributed by atoms with Crippen LogP contribution >= 0.6 is 0 Å². The molecule has 0 aromatic heterocycles. The van der Waals surface area contributed by atoms with Crippen molar-refractivity contribution >= 4 is 0 Å². The maximum Gasteiger partial charge on any atom is 0.0568 e. The fraction of sp³-hybridized carbons (Fsp3) is 0.733. The molecule has 1 rings (SSSR count). The lowest BCUT2D eigenvalue weighted by molar-refractivity contribution is 0.107. The Morgan fingerprint density at radius 2 is 1.75 bits per heavy atom. The van der Waals surface area contributed by atoms with Crippen LogP contribution in [0.4, 0.5) is 0 Å². The maximum atomic E-state index is 9.96. The van der Waals surface area contributed by atoms with Crippen molar-refractivity contribution < 1.29 is 5.11 Å². The van der Waals surface area contributed by atoms with Crippen LogP contribution in [0.1, 0.15) is 59.3 Å². The third-order valence-corrected chi connectivity index (χ3v) is 3.61. The fourth-order valence-corrected chi connectivity index (χ4v) is 2.10. The number of allylic oxidation sites excluding steroid dienone is 4. The van der Waals surface area contributed by atoms with Crippen molar-refractivity contribution in [3.63, 3.8) is 0 Å². The molecular weight excluding hydrogens is 196 g/mol. The minimum absolute atomic E-state index is 0.128. The van der Waals surface area contributed by atoms with Gasteiger partial charge >= 0.3 is 0 Å². The van der Waals surface area contributed by atoms with Crippen LogP contribution in [0.5, 0.6) is 0 Å². The monoisotopic (exact) mass is 222 g/mol. The van der Waals surface area contributed by atoms with Gasteiger partial charge in [0, 0.05) is 0 Å². The molecule has 0 aromatic carbocycles. The molecule has 2 unspecified atom stereocenters. The number of aliphatic hydroxyl groups is 1. The van der Waals surface area contributed by atoms with E-state index in [-0.39, 0.29) is 6.10 Å². The molecule has 2 atom stereocenters. The van der Waals surface area contributed by atoms with Crippen LogP contribution < -0.4 is 0 Å². The number of aliphatic hydroxyl groups excluding tert-OH is 1. The highest BCUT2D eigenvalue weighted by Crippen LogP contribution is 2.20. The van der Waals surface area contributed by atoms with Crippen LogP contribution in [0, 0.1) is 5.92 Å². The first-order valence-corrected chi connectivity index (χ1v) is 6.59. The van der Waals surface area contributed by atoms with Crippen LogP contribution in [-0.2, 0) is 0 Å².